The van der Waals surface area contributed by atoms with Crippen LogP contribution in [0, 0.1) is 13.8 Å². The minimum atomic E-state index is -0.486. The van der Waals surface area contributed by atoms with Crippen molar-refractivity contribution in [1.82, 2.24) is 0 Å². The highest BCUT2D eigenvalue weighted by Crippen LogP contribution is 2.26. The summed E-state index contributed by atoms with van der Waals surface area (Å²) in [6, 6.07) is 12.3. The summed E-state index contributed by atoms with van der Waals surface area (Å²) in [5.41, 5.74) is 5.81. The summed E-state index contributed by atoms with van der Waals surface area (Å²) < 4.78 is 6.03. The SMILES string of the molecule is CCC(Oc1ccc2c(c1)CCCC2)C(=O)Nc1c(C)cccc1C. The molecule has 2 aromatic carbocycles. The largest absolute Gasteiger partial charge is 0.481 e. The third-order valence-electron chi connectivity index (χ3n) is 4.99. The summed E-state index contributed by atoms with van der Waals surface area (Å²) >= 11 is 0. The molecule has 3 heteroatoms. The molecule has 132 valence electrons. The van der Waals surface area contributed by atoms with Crippen molar-refractivity contribution in [2.75, 3.05) is 5.32 Å². The van der Waals surface area contributed by atoms with E-state index in [9.17, 15) is 4.79 Å². The normalized spacial score (nSPS) is 14.5. The van der Waals surface area contributed by atoms with Gasteiger partial charge in [-0.1, -0.05) is 31.2 Å². The molecule has 0 saturated heterocycles. The van der Waals surface area contributed by atoms with Gasteiger partial charge in [-0.3, -0.25) is 4.79 Å². The molecule has 3 rings (SSSR count). The summed E-state index contributed by atoms with van der Waals surface area (Å²) in [6.07, 6.45) is 4.91. The second-order valence-electron chi connectivity index (χ2n) is 6.91. The van der Waals surface area contributed by atoms with Gasteiger partial charge in [0.2, 0.25) is 0 Å². The highest BCUT2D eigenvalue weighted by molar-refractivity contribution is 5.95. The molecule has 1 aliphatic rings. The fraction of sp³-hybridized carbons (Fsp3) is 0.409. The van der Waals surface area contributed by atoms with Crippen molar-refractivity contribution in [3.63, 3.8) is 0 Å². The highest BCUT2D eigenvalue weighted by Gasteiger charge is 2.20. The molecule has 2 aromatic rings. The zero-order valence-electron chi connectivity index (χ0n) is 15.4. The van der Waals surface area contributed by atoms with Crippen molar-refractivity contribution in [2.45, 2.75) is 59.0 Å². The van der Waals surface area contributed by atoms with Gasteiger partial charge in [0.15, 0.2) is 6.10 Å². The Hall–Kier alpha value is -2.29. The maximum absolute atomic E-state index is 12.7. The van der Waals surface area contributed by atoms with Gasteiger partial charge >= 0.3 is 0 Å². The highest BCUT2D eigenvalue weighted by atomic mass is 16.5. The Morgan fingerprint density at radius 2 is 1.76 bits per heavy atom. The number of anilines is 1. The van der Waals surface area contributed by atoms with Crippen molar-refractivity contribution in [1.29, 1.82) is 0 Å². The summed E-state index contributed by atoms with van der Waals surface area (Å²) in [6.45, 7) is 6.00. The molecule has 0 bridgehead atoms. The van der Waals surface area contributed by atoms with Crippen LogP contribution < -0.4 is 10.1 Å². The van der Waals surface area contributed by atoms with Crippen molar-refractivity contribution in [2.24, 2.45) is 0 Å². The molecule has 1 amide bonds. The molecule has 3 nitrogen and oxygen atoms in total. The van der Waals surface area contributed by atoms with Crippen LogP contribution in [0.4, 0.5) is 5.69 Å². The first-order valence-electron chi connectivity index (χ1n) is 9.24. The molecule has 0 radical (unpaired) electrons. The molecule has 0 spiro atoms. The van der Waals surface area contributed by atoms with Gasteiger partial charge in [0.05, 0.1) is 0 Å². The molecule has 0 aromatic heterocycles. The van der Waals surface area contributed by atoms with Crippen LogP contribution in [-0.2, 0) is 17.6 Å². The van der Waals surface area contributed by atoms with E-state index in [1.165, 1.54) is 24.0 Å². The average molecular weight is 337 g/mol. The lowest BCUT2D eigenvalue weighted by Gasteiger charge is -2.21. The van der Waals surface area contributed by atoms with Crippen LogP contribution in [0.1, 0.15) is 48.4 Å². The monoisotopic (exact) mass is 337 g/mol. The number of amides is 1. The van der Waals surface area contributed by atoms with E-state index in [0.717, 1.165) is 35.4 Å². The molecule has 0 saturated carbocycles. The fourth-order valence-corrected chi connectivity index (χ4v) is 3.48. The Kier molecular flexibility index (Phi) is 5.42. The summed E-state index contributed by atoms with van der Waals surface area (Å²) in [4.78, 5) is 12.7. The van der Waals surface area contributed by atoms with Crippen LogP contribution in [0.15, 0.2) is 36.4 Å². The maximum atomic E-state index is 12.7. The number of hydrogen-bond donors (Lipinski definition) is 1. The number of para-hydroxylation sites is 1. The molecule has 25 heavy (non-hydrogen) atoms. The third kappa shape index (κ3) is 4.04. The summed E-state index contributed by atoms with van der Waals surface area (Å²) in [7, 11) is 0. The van der Waals surface area contributed by atoms with Crippen LogP contribution in [0.5, 0.6) is 5.75 Å². The summed E-state index contributed by atoms with van der Waals surface area (Å²) in [5, 5.41) is 3.05. The van der Waals surface area contributed by atoms with E-state index >= 15 is 0 Å². The van der Waals surface area contributed by atoms with E-state index in [1.807, 2.05) is 45.0 Å². The van der Waals surface area contributed by atoms with Crippen molar-refractivity contribution in [3.05, 3.63) is 58.7 Å². The predicted molar refractivity (Wildman–Crippen MR) is 102 cm³/mol. The quantitative estimate of drug-likeness (QED) is 0.836. The molecular weight excluding hydrogens is 310 g/mol. The van der Waals surface area contributed by atoms with E-state index in [0.29, 0.717) is 6.42 Å². The lowest BCUT2D eigenvalue weighted by Crippen LogP contribution is -2.33. The third-order valence-corrected chi connectivity index (χ3v) is 4.99. The number of fused-ring (bicyclic) bond motifs is 1. The molecule has 0 heterocycles. The first kappa shape index (κ1) is 17.5. The Morgan fingerprint density at radius 1 is 1.08 bits per heavy atom. The second-order valence-corrected chi connectivity index (χ2v) is 6.91. The standard InChI is InChI=1S/C22H27NO2/c1-4-20(22(24)23-21-15(2)8-7-9-16(21)3)25-19-13-12-17-10-5-6-11-18(17)14-19/h7-9,12-14,20H,4-6,10-11H2,1-3H3,(H,23,24). The van der Waals surface area contributed by atoms with Crippen LogP contribution >= 0.6 is 0 Å². The second kappa shape index (κ2) is 7.73. The molecule has 0 fully saturated rings. The molecule has 0 aliphatic heterocycles. The van der Waals surface area contributed by atoms with Crippen LogP contribution in [0.3, 0.4) is 0 Å². The Bertz CT molecular complexity index is 746. The zero-order chi connectivity index (χ0) is 17.8. The number of ether oxygens (including phenoxy) is 1. The van der Waals surface area contributed by atoms with E-state index in [4.69, 9.17) is 4.74 Å². The van der Waals surface area contributed by atoms with Gasteiger partial charge in [0.25, 0.3) is 5.91 Å². The Labute approximate surface area is 150 Å². The number of carbonyl (C=O) groups excluding carboxylic acids is 1. The minimum Gasteiger partial charge on any atom is -0.481 e. The molecule has 1 unspecified atom stereocenters. The number of nitrogens with one attached hydrogen (secondary N) is 1. The number of hydrogen-bond acceptors (Lipinski definition) is 2. The lowest BCUT2D eigenvalue weighted by molar-refractivity contribution is -0.122. The van der Waals surface area contributed by atoms with Gasteiger partial charge in [-0.25, -0.2) is 0 Å². The Morgan fingerprint density at radius 3 is 2.44 bits per heavy atom. The topological polar surface area (TPSA) is 38.3 Å². The van der Waals surface area contributed by atoms with E-state index < -0.39 is 6.10 Å². The van der Waals surface area contributed by atoms with E-state index in [-0.39, 0.29) is 5.91 Å². The van der Waals surface area contributed by atoms with Gasteiger partial charge < -0.3 is 10.1 Å². The van der Waals surface area contributed by atoms with E-state index in [2.05, 4.69) is 17.4 Å². The minimum absolute atomic E-state index is 0.0855. The van der Waals surface area contributed by atoms with Gasteiger partial charge in [-0.15, -0.1) is 0 Å². The van der Waals surface area contributed by atoms with Crippen LogP contribution in [0.2, 0.25) is 0 Å². The summed E-state index contributed by atoms with van der Waals surface area (Å²) in [5.74, 6) is 0.710. The van der Waals surface area contributed by atoms with Crippen molar-refractivity contribution >= 4 is 11.6 Å². The zero-order valence-corrected chi connectivity index (χ0v) is 15.4. The number of rotatable bonds is 5. The number of benzene rings is 2. The number of carbonyl (C=O) groups is 1. The smallest absolute Gasteiger partial charge is 0.265 e. The fourth-order valence-electron chi connectivity index (χ4n) is 3.48. The van der Waals surface area contributed by atoms with Gasteiger partial charge in [0.1, 0.15) is 5.75 Å². The van der Waals surface area contributed by atoms with Crippen LogP contribution in [-0.4, -0.2) is 12.0 Å². The average Bonchev–Trinajstić information content (AvgIpc) is 2.62. The Balaban J connectivity index is 1.73. The van der Waals surface area contributed by atoms with Crippen LogP contribution in [0.25, 0.3) is 0 Å². The first-order valence-corrected chi connectivity index (χ1v) is 9.24. The van der Waals surface area contributed by atoms with Crippen molar-refractivity contribution in [3.8, 4) is 5.75 Å². The van der Waals surface area contributed by atoms with Crippen molar-refractivity contribution < 1.29 is 9.53 Å². The molecule has 1 atom stereocenters. The van der Waals surface area contributed by atoms with Gasteiger partial charge in [-0.2, -0.15) is 0 Å². The van der Waals surface area contributed by atoms with E-state index in [1.54, 1.807) is 0 Å². The van der Waals surface area contributed by atoms with Gasteiger partial charge in [0, 0.05) is 5.69 Å². The lowest BCUT2D eigenvalue weighted by atomic mass is 9.92. The predicted octanol–water partition coefficient (Wildman–Crippen LogP) is 4.98. The van der Waals surface area contributed by atoms with Gasteiger partial charge in [-0.05, 0) is 80.3 Å². The molecule has 1 N–H and O–H groups in total. The number of aryl methyl sites for hydroxylation is 4. The maximum Gasteiger partial charge on any atom is 0.265 e. The molecular formula is C22H27NO2. The first-order chi connectivity index (χ1) is 12.1. The molecule has 1 aliphatic carbocycles.